The number of hydrogen-bond acceptors (Lipinski definition) is 3. The Morgan fingerprint density at radius 2 is 1.48 bits per heavy atom. The van der Waals surface area contributed by atoms with Crippen molar-refractivity contribution in [2.75, 3.05) is 23.7 Å². The Kier molecular flexibility index (Phi) is 5.90. The molecule has 21 heavy (non-hydrogen) atoms. The molecule has 1 aliphatic heterocycles. The van der Waals surface area contributed by atoms with Crippen LogP contribution >= 0.6 is 0 Å². The molecule has 2 rings (SSSR count). The Bertz CT molecular complexity index is 462. The Morgan fingerprint density at radius 1 is 0.952 bits per heavy atom. The number of carboxylic acid groups (broad SMARTS) is 1. The number of aromatic carboxylic acids is 1. The molecule has 1 aromatic carbocycles. The van der Waals surface area contributed by atoms with Crippen LogP contribution in [0.15, 0.2) is 18.2 Å². The van der Waals surface area contributed by atoms with Crippen LogP contribution in [0.3, 0.4) is 0 Å². The zero-order valence-corrected chi connectivity index (χ0v) is 12.7. The normalized spacial score (nSPS) is 18.0. The summed E-state index contributed by atoms with van der Waals surface area (Å²) in [6, 6.07) is 5.23. The molecule has 0 radical (unpaired) electrons. The maximum atomic E-state index is 11.5. The van der Waals surface area contributed by atoms with E-state index >= 15 is 0 Å². The summed E-state index contributed by atoms with van der Waals surface area (Å²) in [5.74, 6) is -0.897. The third-order valence-electron chi connectivity index (χ3n) is 4.20. The van der Waals surface area contributed by atoms with Crippen LogP contribution in [-0.2, 0) is 0 Å². The van der Waals surface area contributed by atoms with Crippen LogP contribution in [0.25, 0.3) is 0 Å². The molecule has 4 nitrogen and oxygen atoms in total. The van der Waals surface area contributed by atoms with Crippen LogP contribution in [0, 0.1) is 0 Å². The van der Waals surface area contributed by atoms with Crippen molar-refractivity contribution in [1.29, 1.82) is 0 Å². The number of nitrogens with two attached hydrogens (primary N) is 1. The zero-order chi connectivity index (χ0) is 15.1. The summed E-state index contributed by atoms with van der Waals surface area (Å²) in [5.41, 5.74) is 7.38. The summed E-state index contributed by atoms with van der Waals surface area (Å²) in [7, 11) is 0. The van der Waals surface area contributed by atoms with Gasteiger partial charge in [0.1, 0.15) is 0 Å². The van der Waals surface area contributed by atoms with Crippen LogP contribution in [0.1, 0.15) is 61.7 Å². The SMILES string of the molecule is Nc1ccc(N2CCCCCCCCCC2)c(C(=O)O)c1. The standard InChI is InChI=1S/C17H26N2O2/c18-14-9-10-16(15(13-14)17(20)21)19-11-7-5-3-1-2-4-6-8-12-19/h9-10,13H,1-8,11-12,18H2,(H,20,21). The molecule has 1 aromatic rings. The first-order chi connectivity index (χ1) is 10.2. The van der Waals surface area contributed by atoms with E-state index in [1.165, 1.54) is 38.5 Å². The van der Waals surface area contributed by atoms with Crippen LogP contribution in [0.2, 0.25) is 0 Å². The molecule has 0 atom stereocenters. The molecule has 3 N–H and O–H groups in total. The number of nitrogen functional groups attached to an aromatic ring is 1. The monoisotopic (exact) mass is 290 g/mol. The van der Waals surface area contributed by atoms with Crippen LogP contribution in [0.4, 0.5) is 11.4 Å². The molecule has 0 amide bonds. The number of nitrogens with zero attached hydrogens (tertiary/aromatic N) is 1. The Labute approximate surface area is 126 Å². The molecule has 0 unspecified atom stereocenters. The number of rotatable bonds is 2. The van der Waals surface area contributed by atoms with Crippen molar-refractivity contribution < 1.29 is 9.90 Å². The summed E-state index contributed by atoms with van der Waals surface area (Å²) < 4.78 is 0. The molecular formula is C17H26N2O2. The summed E-state index contributed by atoms with van der Waals surface area (Å²) in [5, 5.41) is 9.41. The van der Waals surface area contributed by atoms with Crippen molar-refractivity contribution >= 4 is 17.3 Å². The van der Waals surface area contributed by atoms with Crippen LogP contribution in [0.5, 0.6) is 0 Å². The average Bonchev–Trinajstić information content (AvgIpc) is 2.52. The Hall–Kier alpha value is -1.71. The molecular weight excluding hydrogens is 264 g/mol. The van der Waals surface area contributed by atoms with Gasteiger partial charge in [-0.05, 0) is 31.0 Å². The van der Waals surface area contributed by atoms with Gasteiger partial charge in [-0.3, -0.25) is 0 Å². The van der Waals surface area contributed by atoms with E-state index in [1.807, 2.05) is 6.07 Å². The zero-order valence-electron chi connectivity index (χ0n) is 12.7. The first-order valence-electron chi connectivity index (χ1n) is 8.06. The van der Waals surface area contributed by atoms with Crippen molar-refractivity contribution in [2.24, 2.45) is 0 Å². The van der Waals surface area contributed by atoms with Gasteiger partial charge in [-0.15, -0.1) is 0 Å². The average molecular weight is 290 g/mol. The molecule has 0 saturated carbocycles. The van der Waals surface area contributed by atoms with E-state index in [9.17, 15) is 9.90 Å². The predicted octanol–water partition coefficient (Wildman–Crippen LogP) is 3.91. The predicted molar refractivity (Wildman–Crippen MR) is 87.0 cm³/mol. The first-order valence-corrected chi connectivity index (χ1v) is 8.06. The lowest BCUT2D eigenvalue weighted by atomic mass is 10.1. The number of carboxylic acids is 1. The highest BCUT2D eigenvalue weighted by molar-refractivity contribution is 5.95. The fraction of sp³-hybridized carbons (Fsp3) is 0.588. The van der Waals surface area contributed by atoms with Gasteiger partial charge >= 0.3 is 5.97 Å². The summed E-state index contributed by atoms with van der Waals surface area (Å²) in [4.78, 5) is 13.7. The minimum absolute atomic E-state index is 0.324. The van der Waals surface area contributed by atoms with Crippen LogP contribution in [-0.4, -0.2) is 24.2 Å². The quantitative estimate of drug-likeness (QED) is 0.810. The fourth-order valence-corrected chi connectivity index (χ4v) is 3.02. The van der Waals surface area contributed by atoms with E-state index in [4.69, 9.17) is 5.73 Å². The maximum Gasteiger partial charge on any atom is 0.337 e. The van der Waals surface area contributed by atoms with E-state index in [1.54, 1.807) is 12.1 Å². The van der Waals surface area contributed by atoms with Gasteiger partial charge in [-0.25, -0.2) is 4.79 Å². The molecule has 1 aliphatic rings. The van der Waals surface area contributed by atoms with E-state index in [-0.39, 0.29) is 0 Å². The largest absolute Gasteiger partial charge is 0.478 e. The Balaban J connectivity index is 2.17. The van der Waals surface area contributed by atoms with Crippen molar-refractivity contribution in [1.82, 2.24) is 0 Å². The fourth-order valence-electron chi connectivity index (χ4n) is 3.02. The van der Waals surface area contributed by atoms with Crippen LogP contribution < -0.4 is 10.6 Å². The second-order valence-electron chi connectivity index (χ2n) is 5.90. The first kappa shape index (κ1) is 15.7. The lowest BCUT2D eigenvalue weighted by Crippen LogP contribution is -2.27. The topological polar surface area (TPSA) is 66.6 Å². The number of benzene rings is 1. The summed E-state index contributed by atoms with van der Waals surface area (Å²) in [6.45, 7) is 1.87. The van der Waals surface area contributed by atoms with E-state index in [2.05, 4.69) is 4.90 Å². The molecule has 0 spiro atoms. The van der Waals surface area contributed by atoms with Gasteiger partial charge in [0.05, 0.1) is 11.3 Å². The molecule has 0 aromatic heterocycles. The highest BCUT2D eigenvalue weighted by Crippen LogP contribution is 2.25. The van der Waals surface area contributed by atoms with E-state index in [0.717, 1.165) is 31.6 Å². The highest BCUT2D eigenvalue weighted by atomic mass is 16.4. The van der Waals surface area contributed by atoms with Gasteiger partial charge in [-0.1, -0.05) is 38.5 Å². The van der Waals surface area contributed by atoms with Crippen molar-refractivity contribution in [2.45, 2.75) is 51.4 Å². The number of hydrogen-bond donors (Lipinski definition) is 2. The lowest BCUT2D eigenvalue weighted by molar-refractivity contribution is 0.0697. The summed E-state index contributed by atoms with van der Waals surface area (Å²) >= 11 is 0. The van der Waals surface area contributed by atoms with Gasteiger partial charge in [0, 0.05) is 18.8 Å². The third kappa shape index (κ3) is 4.66. The second-order valence-corrected chi connectivity index (χ2v) is 5.90. The molecule has 1 fully saturated rings. The molecule has 116 valence electrons. The minimum Gasteiger partial charge on any atom is -0.478 e. The lowest BCUT2D eigenvalue weighted by Gasteiger charge is -2.26. The molecule has 1 heterocycles. The third-order valence-corrected chi connectivity index (χ3v) is 4.20. The maximum absolute atomic E-state index is 11.5. The molecule has 4 heteroatoms. The van der Waals surface area contributed by atoms with Gasteiger partial charge in [-0.2, -0.15) is 0 Å². The summed E-state index contributed by atoms with van der Waals surface area (Å²) in [6.07, 6.45) is 9.97. The Morgan fingerprint density at radius 3 is 2.00 bits per heavy atom. The number of carbonyl (C=O) groups is 1. The number of anilines is 2. The van der Waals surface area contributed by atoms with Gasteiger partial charge in [0.25, 0.3) is 0 Å². The smallest absolute Gasteiger partial charge is 0.337 e. The molecule has 0 bridgehead atoms. The van der Waals surface area contributed by atoms with Gasteiger partial charge in [0.2, 0.25) is 0 Å². The van der Waals surface area contributed by atoms with E-state index in [0.29, 0.717) is 11.3 Å². The minimum atomic E-state index is -0.897. The highest BCUT2D eigenvalue weighted by Gasteiger charge is 2.16. The van der Waals surface area contributed by atoms with E-state index < -0.39 is 5.97 Å². The van der Waals surface area contributed by atoms with Crippen molar-refractivity contribution in [3.05, 3.63) is 23.8 Å². The van der Waals surface area contributed by atoms with Gasteiger partial charge < -0.3 is 15.7 Å². The van der Waals surface area contributed by atoms with Crippen molar-refractivity contribution in [3.63, 3.8) is 0 Å². The molecule has 0 aliphatic carbocycles. The second kappa shape index (κ2) is 7.91. The van der Waals surface area contributed by atoms with Gasteiger partial charge in [0.15, 0.2) is 0 Å². The van der Waals surface area contributed by atoms with Crippen molar-refractivity contribution in [3.8, 4) is 0 Å². The molecule has 1 saturated heterocycles.